The molecule has 1 amide bonds. The molecule has 1 N–H and O–H groups in total. The number of carbonyl (C=O) groups is 1. The minimum atomic E-state index is -0.113. The van der Waals surface area contributed by atoms with Crippen LogP contribution in [-0.2, 0) is 11.3 Å². The second kappa shape index (κ2) is 8.05. The predicted octanol–water partition coefficient (Wildman–Crippen LogP) is 4.33. The standard InChI is InChI=1S/C19H21N3O2S2/c1-4-22-18(24)17-15(8-9-25-17)21-19(22)26-11-16(23)20-14-7-5-6-13(10-14)12(2)3/h5-10,12H,4,11H2,1-3H3,(H,20,23). The van der Waals surface area contributed by atoms with Gasteiger partial charge in [0.15, 0.2) is 5.16 Å². The topological polar surface area (TPSA) is 64.0 Å². The fourth-order valence-corrected chi connectivity index (χ4v) is 4.26. The third kappa shape index (κ3) is 3.99. The molecule has 7 heteroatoms. The number of carbonyl (C=O) groups excluding carboxylic acids is 1. The average Bonchev–Trinajstić information content (AvgIpc) is 3.09. The zero-order valence-electron chi connectivity index (χ0n) is 15.0. The molecule has 1 aromatic carbocycles. The van der Waals surface area contributed by atoms with Crippen molar-refractivity contribution in [1.29, 1.82) is 0 Å². The third-order valence-electron chi connectivity index (χ3n) is 4.02. The third-order valence-corrected chi connectivity index (χ3v) is 5.88. The summed E-state index contributed by atoms with van der Waals surface area (Å²) in [6, 6.07) is 9.70. The predicted molar refractivity (Wildman–Crippen MR) is 109 cm³/mol. The lowest BCUT2D eigenvalue weighted by molar-refractivity contribution is -0.113. The van der Waals surface area contributed by atoms with Crippen molar-refractivity contribution in [1.82, 2.24) is 9.55 Å². The van der Waals surface area contributed by atoms with E-state index in [9.17, 15) is 9.59 Å². The minimum absolute atomic E-state index is 0.0416. The fourth-order valence-electron chi connectivity index (χ4n) is 2.62. The summed E-state index contributed by atoms with van der Waals surface area (Å²) < 4.78 is 2.28. The number of thioether (sulfide) groups is 1. The smallest absolute Gasteiger partial charge is 0.272 e. The van der Waals surface area contributed by atoms with E-state index >= 15 is 0 Å². The van der Waals surface area contributed by atoms with Gasteiger partial charge in [0.25, 0.3) is 5.56 Å². The molecule has 0 fully saturated rings. The molecule has 0 unspecified atom stereocenters. The first-order valence-electron chi connectivity index (χ1n) is 8.50. The van der Waals surface area contributed by atoms with Gasteiger partial charge in [0.2, 0.25) is 5.91 Å². The highest BCUT2D eigenvalue weighted by atomic mass is 32.2. The molecule has 0 bridgehead atoms. The van der Waals surface area contributed by atoms with E-state index in [0.717, 1.165) is 5.69 Å². The lowest BCUT2D eigenvalue weighted by Gasteiger charge is -2.11. The highest BCUT2D eigenvalue weighted by Crippen LogP contribution is 2.22. The van der Waals surface area contributed by atoms with Gasteiger partial charge in [-0.05, 0) is 42.0 Å². The van der Waals surface area contributed by atoms with Crippen molar-refractivity contribution in [2.75, 3.05) is 11.1 Å². The second-order valence-electron chi connectivity index (χ2n) is 6.20. The van der Waals surface area contributed by atoms with Gasteiger partial charge < -0.3 is 5.32 Å². The van der Waals surface area contributed by atoms with Crippen LogP contribution in [0.15, 0.2) is 45.7 Å². The normalized spacial score (nSPS) is 11.2. The van der Waals surface area contributed by atoms with Gasteiger partial charge in [-0.3, -0.25) is 14.2 Å². The summed E-state index contributed by atoms with van der Waals surface area (Å²) >= 11 is 2.68. The quantitative estimate of drug-likeness (QED) is 0.505. The van der Waals surface area contributed by atoms with Crippen LogP contribution in [0.2, 0.25) is 0 Å². The maximum absolute atomic E-state index is 12.5. The van der Waals surface area contributed by atoms with Crippen molar-refractivity contribution >= 4 is 44.9 Å². The molecule has 136 valence electrons. The fraction of sp³-hybridized carbons (Fsp3) is 0.316. The average molecular weight is 388 g/mol. The summed E-state index contributed by atoms with van der Waals surface area (Å²) in [7, 11) is 0. The van der Waals surface area contributed by atoms with Crippen LogP contribution in [0.4, 0.5) is 5.69 Å². The van der Waals surface area contributed by atoms with Gasteiger partial charge >= 0.3 is 0 Å². The lowest BCUT2D eigenvalue weighted by Crippen LogP contribution is -2.22. The molecule has 0 aliphatic rings. The number of nitrogens with zero attached hydrogens (tertiary/aromatic N) is 2. The van der Waals surface area contributed by atoms with E-state index in [1.54, 1.807) is 4.57 Å². The summed E-state index contributed by atoms with van der Waals surface area (Å²) in [6.45, 7) is 6.67. The van der Waals surface area contributed by atoms with E-state index in [1.807, 2.05) is 36.6 Å². The molecule has 0 saturated carbocycles. The number of thiophene rings is 1. The Balaban J connectivity index is 1.73. The van der Waals surface area contributed by atoms with Crippen LogP contribution < -0.4 is 10.9 Å². The zero-order valence-corrected chi connectivity index (χ0v) is 16.6. The molecule has 0 saturated heterocycles. The summed E-state index contributed by atoms with van der Waals surface area (Å²) in [5.41, 5.74) is 2.62. The van der Waals surface area contributed by atoms with Gasteiger partial charge in [0.05, 0.1) is 11.3 Å². The molecule has 0 aliphatic carbocycles. The molecule has 2 aromatic heterocycles. The zero-order chi connectivity index (χ0) is 18.7. The van der Waals surface area contributed by atoms with Gasteiger partial charge in [-0.1, -0.05) is 37.7 Å². The molecule has 26 heavy (non-hydrogen) atoms. The summed E-state index contributed by atoms with van der Waals surface area (Å²) in [5.74, 6) is 0.494. The van der Waals surface area contributed by atoms with Gasteiger partial charge in [0, 0.05) is 12.2 Å². The highest BCUT2D eigenvalue weighted by molar-refractivity contribution is 7.99. The lowest BCUT2D eigenvalue weighted by atomic mass is 10.0. The molecule has 3 rings (SSSR count). The van der Waals surface area contributed by atoms with Crippen LogP contribution in [0.25, 0.3) is 10.2 Å². The molecule has 0 aliphatic heterocycles. The number of fused-ring (bicyclic) bond motifs is 1. The Morgan fingerprint density at radius 3 is 2.88 bits per heavy atom. The molecule has 5 nitrogen and oxygen atoms in total. The Kier molecular flexibility index (Phi) is 5.78. The van der Waals surface area contributed by atoms with E-state index in [0.29, 0.717) is 27.8 Å². The van der Waals surface area contributed by atoms with Crippen molar-refractivity contribution in [3.05, 3.63) is 51.6 Å². The van der Waals surface area contributed by atoms with Gasteiger partial charge in [-0.15, -0.1) is 11.3 Å². The van der Waals surface area contributed by atoms with E-state index in [4.69, 9.17) is 0 Å². The van der Waals surface area contributed by atoms with Crippen LogP contribution in [0.5, 0.6) is 0 Å². The number of hydrogen-bond acceptors (Lipinski definition) is 5. The highest BCUT2D eigenvalue weighted by Gasteiger charge is 2.13. The number of hydrogen-bond donors (Lipinski definition) is 1. The molecule has 0 spiro atoms. The van der Waals surface area contributed by atoms with E-state index in [1.165, 1.54) is 28.7 Å². The van der Waals surface area contributed by atoms with E-state index in [2.05, 4.69) is 30.2 Å². The van der Waals surface area contributed by atoms with Crippen LogP contribution in [0, 0.1) is 0 Å². The van der Waals surface area contributed by atoms with Crippen molar-refractivity contribution in [3.8, 4) is 0 Å². The van der Waals surface area contributed by atoms with Crippen molar-refractivity contribution < 1.29 is 4.79 Å². The SMILES string of the molecule is CCn1c(SCC(=O)Nc2cccc(C(C)C)c2)nc2ccsc2c1=O. The van der Waals surface area contributed by atoms with Crippen molar-refractivity contribution in [2.24, 2.45) is 0 Å². The largest absolute Gasteiger partial charge is 0.325 e. The first-order chi connectivity index (χ1) is 12.5. The van der Waals surface area contributed by atoms with Crippen LogP contribution in [0.3, 0.4) is 0 Å². The number of benzene rings is 1. The Bertz CT molecular complexity index is 992. The van der Waals surface area contributed by atoms with Crippen molar-refractivity contribution in [3.63, 3.8) is 0 Å². The molecular formula is C19H21N3O2S2. The van der Waals surface area contributed by atoms with E-state index in [-0.39, 0.29) is 17.2 Å². The Labute approximate surface area is 160 Å². The first-order valence-corrected chi connectivity index (χ1v) is 10.4. The number of rotatable bonds is 6. The van der Waals surface area contributed by atoms with Crippen LogP contribution in [-0.4, -0.2) is 21.2 Å². The summed E-state index contributed by atoms with van der Waals surface area (Å²) in [4.78, 5) is 29.4. The maximum Gasteiger partial charge on any atom is 0.272 e. The van der Waals surface area contributed by atoms with Gasteiger partial charge in [-0.25, -0.2) is 4.98 Å². The molecular weight excluding hydrogens is 366 g/mol. The number of anilines is 1. The van der Waals surface area contributed by atoms with Gasteiger partial charge in [-0.2, -0.15) is 0 Å². The maximum atomic E-state index is 12.5. The Morgan fingerprint density at radius 2 is 2.15 bits per heavy atom. The monoisotopic (exact) mass is 387 g/mol. The molecule has 2 heterocycles. The minimum Gasteiger partial charge on any atom is -0.325 e. The Hall–Kier alpha value is -2.12. The molecule has 0 atom stereocenters. The van der Waals surface area contributed by atoms with E-state index < -0.39 is 0 Å². The Morgan fingerprint density at radius 1 is 1.35 bits per heavy atom. The first kappa shape index (κ1) is 18.7. The summed E-state index contributed by atoms with van der Waals surface area (Å²) in [5, 5.41) is 5.36. The number of amides is 1. The number of nitrogens with one attached hydrogen (secondary N) is 1. The van der Waals surface area contributed by atoms with Crippen LogP contribution >= 0.6 is 23.1 Å². The second-order valence-corrected chi connectivity index (χ2v) is 8.05. The molecule has 3 aromatic rings. The summed E-state index contributed by atoms with van der Waals surface area (Å²) in [6.07, 6.45) is 0. The van der Waals surface area contributed by atoms with Gasteiger partial charge in [0.1, 0.15) is 4.70 Å². The van der Waals surface area contributed by atoms with Crippen LogP contribution in [0.1, 0.15) is 32.3 Å². The van der Waals surface area contributed by atoms with Crippen molar-refractivity contribution in [2.45, 2.75) is 38.4 Å². The molecule has 0 radical (unpaired) electrons. The number of aromatic nitrogens is 2.